The fraction of sp³-hybridized carbons (Fsp3) is 0.500. The van der Waals surface area contributed by atoms with Gasteiger partial charge >= 0.3 is 0 Å². The van der Waals surface area contributed by atoms with Crippen molar-refractivity contribution in [3.63, 3.8) is 0 Å². The normalized spacial score (nSPS) is 21.8. The lowest BCUT2D eigenvalue weighted by Crippen LogP contribution is -2.36. The maximum atomic E-state index is 12.4. The van der Waals surface area contributed by atoms with Gasteiger partial charge in [-0.3, -0.25) is 19.7 Å². The van der Waals surface area contributed by atoms with Crippen LogP contribution in [-0.4, -0.2) is 45.2 Å². The Morgan fingerprint density at radius 1 is 1.29 bits per heavy atom. The Balaban J connectivity index is 1.29. The number of carbonyl (C=O) groups is 1. The van der Waals surface area contributed by atoms with Gasteiger partial charge in [-0.25, -0.2) is 0 Å². The number of nitrogens with zero attached hydrogens (tertiary/aromatic N) is 4. The Labute approximate surface area is 164 Å². The third-order valence-electron chi connectivity index (χ3n) is 5.36. The molecular weight excluding hydrogens is 358 g/mol. The molecule has 8 heteroatoms. The summed E-state index contributed by atoms with van der Waals surface area (Å²) in [7, 11) is 0. The molecule has 4 heterocycles. The van der Waals surface area contributed by atoms with E-state index in [4.69, 9.17) is 9.25 Å². The average molecular weight is 383 g/mol. The van der Waals surface area contributed by atoms with Crippen LogP contribution in [0.2, 0.25) is 0 Å². The molecular formula is C20H25N5O3. The Hall–Kier alpha value is -2.74. The zero-order valence-electron chi connectivity index (χ0n) is 16.5. The first-order valence-corrected chi connectivity index (χ1v) is 9.51. The Morgan fingerprint density at radius 3 is 2.86 bits per heavy atom. The van der Waals surface area contributed by atoms with Gasteiger partial charge in [-0.05, 0) is 32.4 Å². The minimum Gasteiger partial charge on any atom is -0.465 e. The van der Waals surface area contributed by atoms with E-state index in [9.17, 15) is 4.79 Å². The second-order valence-corrected chi connectivity index (χ2v) is 7.73. The molecule has 1 fully saturated rings. The monoisotopic (exact) mass is 383 g/mol. The summed E-state index contributed by atoms with van der Waals surface area (Å²) in [5.41, 5.74) is 2.75. The molecule has 8 nitrogen and oxygen atoms in total. The standard InChI is InChI=1S/C20H25N5O3/c1-13-6-17(27-15(13)3)11-25-5-4-20(12-25)7-18(24-28-20)19(26)23-10-16-9-21-14(2)8-22-16/h6,8-9H,4-5,7,10-12H2,1-3H3,(H,23,26). The van der Waals surface area contributed by atoms with Crippen molar-refractivity contribution in [1.29, 1.82) is 0 Å². The highest BCUT2D eigenvalue weighted by Crippen LogP contribution is 2.34. The molecule has 28 heavy (non-hydrogen) atoms. The van der Waals surface area contributed by atoms with Crippen molar-refractivity contribution in [1.82, 2.24) is 20.2 Å². The first-order chi connectivity index (χ1) is 13.4. The van der Waals surface area contributed by atoms with E-state index in [2.05, 4.69) is 38.3 Å². The molecule has 4 rings (SSSR count). The molecule has 2 aliphatic heterocycles. The van der Waals surface area contributed by atoms with Gasteiger partial charge in [0.1, 0.15) is 17.2 Å². The molecule has 1 spiro atoms. The van der Waals surface area contributed by atoms with Gasteiger partial charge in [0.15, 0.2) is 5.60 Å². The molecule has 1 unspecified atom stereocenters. The highest BCUT2D eigenvalue weighted by molar-refractivity contribution is 6.39. The SMILES string of the molecule is Cc1cnc(CNC(=O)C2=NOC3(CCN(Cc4cc(C)c(C)o4)C3)C2)cn1. The zero-order valence-corrected chi connectivity index (χ0v) is 16.5. The van der Waals surface area contributed by atoms with Crippen molar-refractivity contribution in [3.8, 4) is 0 Å². The molecule has 1 N–H and O–H groups in total. The number of aryl methyl sites for hydroxylation is 3. The van der Waals surface area contributed by atoms with E-state index in [1.54, 1.807) is 12.4 Å². The Bertz CT molecular complexity index is 886. The van der Waals surface area contributed by atoms with Crippen LogP contribution in [0, 0.1) is 20.8 Å². The molecule has 0 radical (unpaired) electrons. The number of carbonyl (C=O) groups excluding carboxylic acids is 1. The smallest absolute Gasteiger partial charge is 0.269 e. The van der Waals surface area contributed by atoms with Crippen LogP contribution in [0.4, 0.5) is 0 Å². The molecule has 148 valence electrons. The molecule has 1 atom stereocenters. The van der Waals surface area contributed by atoms with Gasteiger partial charge in [0, 0.05) is 32.1 Å². The van der Waals surface area contributed by atoms with Crippen LogP contribution in [0.15, 0.2) is 28.0 Å². The van der Waals surface area contributed by atoms with E-state index in [0.29, 0.717) is 24.4 Å². The number of amides is 1. The summed E-state index contributed by atoms with van der Waals surface area (Å²) in [6, 6.07) is 2.08. The van der Waals surface area contributed by atoms with Crippen LogP contribution in [0.1, 0.15) is 41.3 Å². The molecule has 0 aromatic carbocycles. The van der Waals surface area contributed by atoms with Crippen molar-refractivity contribution in [3.05, 3.63) is 46.9 Å². The fourth-order valence-electron chi connectivity index (χ4n) is 3.66. The maximum Gasteiger partial charge on any atom is 0.269 e. The first-order valence-electron chi connectivity index (χ1n) is 9.51. The summed E-state index contributed by atoms with van der Waals surface area (Å²) in [5, 5.41) is 6.92. The first kappa shape index (κ1) is 18.6. The molecule has 0 aliphatic carbocycles. The maximum absolute atomic E-state index is 12.4. The van der Waals surface area contributed by atoms with Crippen molar-refractivity contribution in [2.24, 2.45) is 5.16 Å². The number of aromatic nitrogens is 2. The summed E-state index contributed by atoms with van der Waals surface area (Å²) in [6.07, 6.45) is 4.71. The summed E-state index contributed by atoms with van der Waals surface area (Å²) >= 11 is 0. The quantitative estimate of drug-likeness (QED) is 0.849. The highest BCUT2D eigenvalue weighted by Gasteiger charge is 2.46. The van der Waals surface area contributed by atoms with Crippen molar-refractivity contribution < 1.29 is 14.0 Å². The zero-order chi connectivity index (χ0) is 19.7. The predicted octanol–water partition coefficient (Wildman–Crippen LogP) is 2.03. The number of rotatable bonds is 5. The summed E-state index contributed by atoms with van der Waals surface area (Å²) < 4.78 is 5.78. The molecule has 0 bridgehead atoms. The van der Waals surface area contributed by atoms with Gasteiger partial charge in [-0.2, -0.15) is 0 Å². The van der Waals surface area contributed by atoms with Gasteiger partial charge in [-0.1, -0.05) is 5.16 Å². The van der Waals surface area contributed by atoms with Gasteiger partial charge in [0.25, 0.3) is 5.91 Å². The van der Waals surface area contributed by atoms with E-state index in [1.807, 2.05) is 13.8 Å². The van der Waals surface area contributed by atoms with Gasteiger partial charge in [0.2, 0.25) is 0 Å². The molecule has 2 aromatic heterocycles. The van der Waals surface area contributed by atoms with E-state index in [0.717, 1.165) is 43.3 Å². The number of hydrogen-bond acceptors (Lipinski definition) is 7. The largest absolute Gasteiger partial charge is 0.465 e. The molecule has 2 aromatic rings. The van der Waals surface area contributed by atoms with Crippen molar-refractivity contribution >= 4 is 11.6 Å². The third-order valence-corrected chi connectivity index (χ3v) is 5.36. The summed E-state index contributed by atoms with van der Waals surface area (Å²) in [6.45, 7) is 8.59. The minimum absolute atomic E-state index is 0.213. The molecule has 1 amide bonds. The van der Waals surface area contributed by atoms with Crippen molar-refractivity contribution in [2.75, 3.05) is 13.1 Å². The Morgan fingerprint density at radius 2 is 2.14 bits per heavy atom. The topological polar surface area (TPSA) is 92.8 Å². The van der Waals surface area contributed by atoms with Gasteiger partial charge < -0.3 is 14.6 Å². The van der Waals surface area contributed by atoms with Crippen LogP contribution >= 0.6 is 0 Å². The second-order valence-electron chi connectivity index (χ2n) is 7.73. The van der Waals surface area contributed by atoms with Crippen LogP contribution in [0.25, 0.3) is 0 Å². The van der Waals surface area contributed by atoms with E-state index < -0.39 is 5.60 Å². The van der Waals surface area contributed by atoms with Crippen LogP contribution in [0.3, 0.4) is 0 Å². The fourth-order valence-corrected chi connectivity index (χ4v) is 3.66. The van der Waals surface area contributed by atoms with Crippen LogP contribution < -0.4 is 5.32 Å². The summed E-state index contributed by atoms with van der Waals surface area (Å²) in [5.74, 6) is 1.71. The number of hydrogen-bond donors (Lipinski definition) is 1. The minimum atomic E-state index is -0.410. The average Bonchev–Trinajstić information content (AvgIpc) is 3.35. The van der Waals surface area contributed by atoms with Crippen LogP contribution in [0.5, 0.6) is 0 Å². The number of oxime groups is 1. The Kier molecular flexibility index (Phi) is 4.89. The predicted molar refractivity (Wildman–Crippen MR) is 103 cm³/mol. The molecule has 1 saturated heterocycles. The number of furan rings is 1. The van der Waals surface area contributed by atoms with Gasteiger partial charge in [-0.15, -0.1) is 0 Å². The third kappa shape index (κ3) is 3.91. The lowest BCUT2D eigenvalue weighted by molar-refractivity contribution is -0.115. The lowest BCUT2D eigenvalue weighted by atomic mass is 9.96. The highest BCUT2D eigenvalue weighted by atomic mass is 16.7. The van der Waals surface area contributed by atoms with Crippen LogP contribution in [-0.2, 0) is 22.7 Å². The van der Waals surface area contributed by atoms with E-state index in [-0.39, 0.29) is 5.91 Å². The molecule has 2 aliphatic rings. The number of nitrogens with one attached hydrogen (secondary N) is 1. The van der Waals surface area contributed by atoms with E-state index >= 15 is 0 Å². The summed E-state index contributed by atoms with van der Waals surface area (Å²) in [4.78, 5) is 28.9. The number of likely N-dealkylation sites (tertiary alicyclic amines) is 1. The second kappa shape index (κ2) is 7.35. The molecule has 0 saturated carbocycles. The van der Waals surface area contributed by atoms with E-state index in [1.165, 1.54) is 5.56 Å². The van der Waals surface area contributed by atoms with Crippen molar-refractivity contribution in [2.45, 2.75) is 52.3 Å². The van der Waals surface area contributed by atoms with Gasteiger partial charge in [0.05, 0.1) is 30.7 Å². The lowest BCUT2D eigenvalue weighted by Gasteiger charge is -2.21.